The predicted octanol–water partition coefficient (Wildman–Crippen LogP) is 0.438. The fourth-order valence-electron chi connectivity index (χ4n) is 2.07. The van der Waals surface area contributed by atoms with Crippen molar-refractivity contribution >= 4 is 23.4 Å². The molecule has 1 aromatic rings. The summed E-state index contributed by atoms with van der Waals surface area (Å²) in [6.07, 6.45) is 0.356. The van der Waals surface area contributed by atoms with Gasteiger partial charge in [0.2, 0.25) is 11.8 Å². The lowest BCUT2D eigenvalue weighted by Crippen LogP contribution is -2.52. The van der Waals surface area contributed by atoms with Crippen LogP contribution in [0.3, 0.4) is 0 Å². The summed E-state index contributed by atoms with van der Waals surface area (Å²) in [5.74, 6) is -1.53. The molecule has 0 bridgehead atoms. The zero-order chi connectivity index (χ0) is 15.6. The van der Waals surface area contributed by atoms with Crippen LogP contribution in [0.1, 0.15) is 28.8 Å². The molecule has 2 rings (SSSR count). The van der Waals surface area contributed by atoms with Gasteiger partial charge in [0.15, 0.2) is 0 Å². The molecule has 0 spiro atoms. The Kier molecular flexibility index (Phi) is 3.97. The Labute approximate surface area is 119 Å². The molecule has 0 aromatic heterocycles. The number of rotatable bonds is 3. The van der Waals surface area contributed by atoms with E-state index in [1.54, 1.807) is 6.92 Å². The van der Waals surface area contributed by atoms with E-state index in [1.807, 2.05) is 0 Å². The van der Waals surface area contributed by atoms with Crippen molar-refractivity contribution in [2.45, 2.75) is 25.8 Å². The van der Waals surface area contributed by atoms with E-state index in [0.717, 1.165) is 6.07 Å². The van der Waals surface area contributed by atoms with Gasteiger partial charge in [-0.1, -0.05) is 0 Å². The van der Waals surface area contributed by atoms with E-state index in [-0.39, 0.29) is 30.0 Å². The molecule has 2 N–H and O–H groups in total. The molecule has 8 nitrogen and oxygen atoms in total. The van der Waals surface area contributed by atoms with E-state index < -0.39 is 22.8 Å². The summed E-state index contributed by atoms with van der Waals surface area (Å²) in [6, 6.07) is 3.18. The smallest absolute Gasteiger partial charge is 0.270 e. The van der Waals surface area contributed by atoms with Crippen molar-refractivity contribution in [3.63, 3.8) is 0 Å². The molecule has 3 amide bonds. The van der Waals surface area contributed by atoms with Crippen LogP contribution in [0, 0.1) is 17.0 Å². The number of nitrogens with zero attached hydrogens (tertiary/aromatic N) is 1. The van der Waals surface area contributed by atoms with Crippen LogP contribution in [0.4, 0.5) is 5.69 Å². The molecule has 1 aliphatic heterocycles. The van der Waals surface area contributed by atoms with Gasteiger partial charge in [0, 0.05) is 24.1 Å². The molecule has 110 valence electrons. The summed E-state index contributed by atoms with van der Waals surface area (Å²) in [5, 5.41) is 15.4. The summed E-state index contributed by atoms with van der Waals surface area (Å²) in [7, 11) is 0. The second kappa shape index (κ2) is 5.70. The second-order valence-electron chi connectivity index (χ2n) is 4.79. The van der Waals surface area contributed by atoms with E-state index in [0.29, 0.717) is 5.56 Å². The van der Waals surface area contributed by atoms with Gasteiger partial charge in [-0.05, 0) is 25.0 Å². The largest absolute Gasteiger partial charge is 0.340 e. The van der Waals surface area contributed by atoms with Crippen molar-refractivity contribution in [2.75, 3.05) is 0 Å². The van der Waals surface area contributed by atoms with Gasteiger partial charge < -0.3 is 5.32 Å². The Morgan fingerprint density at radius 3 is 2.71 bits per heavy atom. The monoisotopic (exact) mass is 291 g/mol. The molecule has 0 radical (unpaired) electrons. The third-order valence-electron chi connectivity index (χ3n) is 3.08. The van der Waals surface area contributed by atoms with Gasteiger partial charge in [0.1, 0.15) is 6.04 Å². The van der Waals surface area contributed by atoms with Gasteiger partial charge in [-0.15, -0.1) is 0 Å². The number of hydrogen-bond donors (Lipinski definition) is 2. The lowest BCUT2D eigenvalue weighted by atomic mass is 10.0. The van der Waals surface area contributed by atoms with Crippen molar-refractivity contribution in [1.29, 1.82) is 0 Å². The number of hydrogen-bond acceptors (Lipinski definition) is 5. The highest BCUT2D eigenvalue weighted by atomic mass is 16.6. The third kappa shape index (κ3) is 3.41. The van der Waals surface area contributed by atoms with E-state index in [1.165, 1.54) is 12.1 Å². The third-order valence-corrected chi connectivity index (χ3v) is 3.08. The van der Waals surface area contributed by atoms with Crippen LogP contribution < -0.4 is 10.6 Å². The average molecular weight is 291 g/mol. The van der Waals surface area contributed by atoms with Crippen LogP contribution in [0.25, 0.3) is 0 Å². The van der Waals surface area contributed by atoms with Crippen LogP contribution in [0.2, 0.25) is 0 Å². The number of carbonyl (C=O) groups excluding carboxylic acids is 3. The molecule has 0 saturated carbocycles. The molecule has 1 fully saturated rings. The van der Waals surface area contributed by atoms with Crippen molar-refractivity contribution < 1.29 is 19.3 Å². The molecule has 1 aromatic carbocycles. The van der Waals surface area contributed by atoms with Gasteiger partial charge in [-0.2, -0.15) is 0 Å². The first-order chi connectivity index (χ1) is 9.86. The fraction of sp³-hybridized carbons (Fsp3) is 0.308. The van der Waals surface area contributed by atoms with Crippen LogP contribution in [0.5, 0.6) is 0 Å². The van der Waals surface area contributed by atoms with Gasteiger partial charge in [-0.25, -0.2) is 0 Å². The van der Waals surface area contributed by atoms with Crippen molar-refractivity contribution in [2.24, 2.45) is 0 Å². The molecule has 21 heavy (non-hydrogen) atoms. The van der Waals surface area contributed by atoms with E-state index in [4.69, 9.17) is 0 Å². The van der Waals surface area contributed by atoms with Crippen LogP contribution in [-0.2, 0) is 9.59 Å². The topological polar surface area (TPSA) is 118 Å². The minimum absolute atomic E-state index is 0.103. The lowest BCUT2D eigenvalue weighted by molar-refractivity contribution is -0.384. The number of benzene rings is 1. The van der Waals surface area contributed by atoms with Crippen molar-refractivity contribution in [3.05, 3.63) is 39.4 Å². The molecule has 1 unspecified atom stereocenters. The summed E-state index contributed by atoms with van der Waals surface area (Å²) in [4.78, 5) is 44.8. The van der Waals surface area contributed by atoms with Crippen LogP contribution in [0.15, 0.2) is 18.2 Å². The Morgan fingerprint density at radius 1 is 1.38 bits per heavy atom. The first-order valence-corrected chi connectivity index (χ1v) is 6.27. The molecular formula is C13H13N3O5. The van der Waals surface area contributed by atoms with Gasteiger partial charge in [0.25, 0.3) is 11.6 Å². The zero-order valence-corrected chi connectivity index (χ0v) is 11.2. The van der Waals surface area contributed by atoms with E-state index >= 15 is 0 Å². The minimum atomic E-state index is -0.810. The maximum absolute atomic E-state index is 12.1. The Balaban J connectivity index is 2.15. The normalized spacial score (nSPS) is 18.0. The number of nitro benzene ring substituents is 1. The molecule has 1 heterocycles. The number of non-ortho nitro benzene ring substituents is 1. The molecule has 1 atom stereocenters. The van der Waals surface area contributed by atoms with E-state index in [9.17, 15) is 24.5 Å². The molecule has 1 saturated heterocycles. The van der Waals surface area contributed by atoms with Gasteiger partial charge in [0.05, 0.1) is 4.92 Å². The number of carbonyl (C=O) groups is 3. The summed E-state index contributed by atoms with van der Waals surface area (Å²) in [6.45, 7) is 1.63. The standard InChI is InChI=1S/C13H13N3O5/c1-7-4-8(6-9(5-7)16(20)21)12(18)14-10-2-3-11(17)15-13(10)19/h4-6,10H,2-3H2,1H3,(H,14,18)(H,15,17,19). The maximum Gasteiger partial charge on any atom is 0.270 e. The molecule has 8 heteroatoms. The molecule has 0 aliphatic carbocycles. The van der Waals surface area contributed by atoms with Crippen molar-refractivity contribution in [1.82, 2.24) is 10.6 Å². The molecule has 1 aliphatic rings. The fourth-order valence-corrected chi connectivity index (χ4v) is 2.07. The Hall–Kier alpha value is -2.77. The Bertz CT molecular complexity index is 641. The minimum Gasteiger partial charge on any atom is -0.340 e. The Morgan fingerprint density at radius 2 is 2.10 bits per heavy atom. The summed E-state index contributed by atoms with van der Waals surface area (Å²) >= 11 is 0. The van der Waals surface area contributed by atoms with Gasteiger partial charge >= 0.3 is 0 Å². The maximum atomic E-state index is 12.1. The van der Waals surface area contributed by atoms with Crippen LogP contribution >= 0.6 is 0 Å². The number of piperidine rings is 1. The number of aryl methyl sites for hydroxylation is 1. The average Bonchev–Trinajstić information content (AvgIpc) is 2.41. The first-order valence-electron chi connectivity index (χ1n) is 6.27. The zero-order valence-electron chi connectivity index (χ0n) is 11.2. The second-order valence-corrected chi connectivity index (χ2v) is 4.79. The highest BCUT2D eigenvalue weighted by Gasteiger charge is 2.28. The number of nitrogens with one attached hydrogen (secondary N) is 2. The van der Waals surface area contributed by atoms with Crippen LogP contribution in [-0.4, -0.2) is 28.7 Å². The van der Waals surface area contributed by atoms with Gasteiger partial charge in [-0.3, -0.25) is 29.8 Å². The highest BCUT2D eigenvalue weighted by Crippen LogP contribution is 2.17. The predicted molar refractivity (Wildman–Crippen MR) is 71.5 cm³/mol. The molecular weight excluding hydrogens is 278 g/mol. The SMILES string of the molecule is Cc1cc(C(=O)NC2CCC(=O)NC2=O)cc([N+](=O)[O-])c1. The summed E-state index contributed by atoms with van der Waals surface area (Å²) < 4.78 is 0. The van der Waals surface area contributed by atoms with Crippen molar-refractivity contribution in [3.8, 4) is 0 Å². The first kappa shape index (κ1) is 14.6. The van der Waals surface area contributed by atoms with E-state index in [2.05, 4.69) is 10.6 Å². The lowest BCUT2D eigenvalue weighted by Gasteiger charge is -2.21. The number of amides is 3. The number of nitro groups is 1. The quantitative estimate of drug-likeness (QED) is 0.476. The number of imide groups is 1. The summed E-state index contributed by atoms with van der Waals surface area (Å²) in [5.41, 5.74) is 0.479. The highest BCUT2D eigenvalue weighted by molar-refractivity contribution is 6.03.